The van der Waals surface area contributed by atoms with Gasteiger partial charge in [-0.25, -0.2) is 0 Å². The van der Waals surface area contributed by atoms with E-state index in [9.17, 15) is 4.79 Å². The maximum Gasteiger partial charge on any atom is 0.244 e. The number of hydrogen-bond acceptors (Lipinski definition) is 2. The molecule has 2 aromatic rings. The molecule has 1 aromatic carbocycles. The second kappa shape index (κ2) is 8.65. The summed E-state index contributed by atoms with van der Waals surface area (Å²) in [5.41, 5.74) is 5.51. The quantitative estimate of drug-likeness (QED) is 0.774. The Balaban J connectivity index is 2.04. The minimum atomic E-state index is -0.0502. The van der Waals surface area contributed by atoms with Crippen LogP contribution in [0.3, 0.4) is 0 Å². The summed E-state index contributed by atoms with van der Waals surface area (Å²) in [5.74, 6) is 0.541. The van der Waals surface area contributed by atoms with E-state index in [0.29, 0.717) is 12.5 Å². The smallest absolute Gasteiger partial charge is 0.244 e. The van der Waals surface area contributed by atoms with Crippen LogP contribution in [0.1, 0.15) is 48.3 Å². The monoisotopic (exact) mass is 339 g/mol. The summed E-state index contributed by atoms with van der Waals surface area (Å²) in [6.45, 7) is 11.9. The van der Waals surface area contributed by atoms with Crippen LogP contribution in [-0.4, -0.2) is 22.2 Å². The van der Waals surface area contributed by atoms with Crippen molar-refractivity contribution in [2.75, 3.05) is 6.54 Å². The zero-order chi connectivity index (χ0) is 18.4. The molecule has 0 atom stereocenters. The maximum absolute atomic E-state index is 11.9. The molecule has 0 unspecified atom stereocenters. The lowest BCUT2D eigenvalue weighted by Gasteiger charge is -2.06. The van der Waals surface area contributed by atoms with Crippen LogP contribution in [0.2, 0.25) is 0 Å². The van der Waals surface area contributed by atoms with Crippen LogP contribution < -0.4 is 5.32 Å². The molecule has 134 valence electrons. The molecule has 4 nitrogen and oxygen atoms in total. The Morgan fingerprint density at radius 3 is 2.52 bits per heavy atom. The molecule has 0 saturated heterocycles. The number of rotatable bonds is 7. The Labute approximate surface area is 150 Å². The molecule has 0 aliphatic carbocycles. The highest BCUT2D eigenvalue weighted by molar-refractivity contribution is 5.91. The SMILES string of the molecule is Cc1ccc(Cn2nc(C)c(/C=C/C(=O)NCCC(C)C)c2C)cc1. The Morgan fingerprint density at radius 2 is 1.88 bits per heavy atom. The second-order valence-corrected chi connectivity index (χ2v) is 7.03. The third-order valence-corrected chi connectivity index (χ3v) is 4.31. The Kier molecular flexibility index (Phi) is 6.57. The van der Waals surface area contributed by atoms with E-state index in [1.807, 2.05) is 24.6 Å². The normalized spacial score (nSPS) is 11.4. The van der Waals surface area contributed by atoms with Gasteiger partial charge in [0, 0.05) is 23.9 Å². The van der Waals surface area contributed by atoms with E-state index in [1.54, 1.807) is 6.08 Å². The minimum absolute atomic E-state index is 0.0502. The van der Waals surface area contributed by atoms with E-state index in [0.717, 1.165) is 29.9 Å². The molecule has 0 aliphatic rings. The third kappa shape index (κ3) is 5.59. The summed E-state index contributed by atoms with van der Waals surface area (Å²) in [6.07, 6.45) is 4.47. The van der Waals surface area contributed by atoms with Crippen molar-refractivity contribution in [3.05, 3.63) is 58.4 Å². The predicted molar refractivity (Wildman–Crippen MR) is 103 cm³/mol. The van der Waals surface area contributed by atoms with Crippen LogP contribution in [0.25, 0.3) is 6.08 Å². The Bertz CT molecular complexity index is 739. The Hall–Kier alpha value is -2.36. The van der Waals surface area contributed by atoms with Crippen molar-refractivity contribution in [2.45, 2.75) is 47.6 Å². The zero-order valence-electron chi connectivity index (χ0n) is 16.0. The van der Waals surface area contributed by atoms with Crippen molar-refractivity contribution in [3.63, 3.8) is 0 Å². The Morgan fingerprint density at radius 1 is 1.20 bits per heavy atom. The number of aromatic nitrogens is 2. The van der Waals surface area contributed by atoms with Gasteiger partial charge >= 0.3 is 0 Å². The molecule has 2 rings (SSSR count). The largest absolute Gasteiger partial charge is 0.353 e. The summed E-state index contributed by atoms with van der Waals surface area (Å²) in [5, 5.41) is 7.55. The molecule has 0 saturated carbocycles. The summed E-state index contributed by atoms with van der Waals surface area (Å²) >= 11 is 0. The molecule has 1 amide bonds. The standard InChI is InChI=1S/C21H29N3O/c1-15(2)12-13-22-21(25)11-10-20-17(4)23-24(18(20)5)14-19-8-6-16(3)7-9-19/h6-11,15H,12-14H2,1-5H3,(H,22,25)/b11-10+. The fraction of sp³-hybridized carbons (Fsp3) is 0.429. The van der Waals surface area contributed by atoms with Crippen LogP contribution in [0, 0.1) is 26.7 Å². The van der Waals surface area contributed by atoms with Gasteiger partial charge in [-0.15, -0.1) is 0 Å². The number of nitrogens with one attached hydrogen (secondary N) is 1. The molecule has 0 spiro atoms. The molecule has 0 aliphatic heterocycles. The molecule has 0 fully saturated rings. The minimum Gasteiger partial charge on any atom is -0.353 e. The van der Waals surface area contributed by atoms with Gasteiger partial charge in [0.05, 0.1) is 12.2 Å². The van der Waals surface area contributed by atoms with Crippen LogP contribution >= 0.6 is 0 Å². The van der Waals surface area contributed by atoms with Crippen LogP contribution in [0.5, 0.6) is 0 Å². The number of benzene rings is 1. The summed E-state index contributed by atoms with van der Waals surface area (Å²) in [6, 6.07) is 8.49. The highest BCUT2D eigenvalue weighted by atomic mass is 16.1. The van der Waals surface area contributed by atoms with Gasteiger partial charge in [-0.05, 0) is 44.7 Å². The van der Waals surface area contributed by atoms with Crippen molar-refractivity contribution in [3.8, 4) is 0 Å². The fourth-order valence-electron chi connectivity index (χ4n) is 2.67. The first-order valence-corrected chi connectivity index (χ1v) is 8.92. The van der Waals surface area contributed by atoms with E-state index < -0.39 is 0 Å². The molecule has 25 heavy (non-hydrogen) atoms. The van der Waals surface area contributed by atoms with Crippen LogP contribution in [0.15, 0.2) is 30.3 Å². The first-order chi connectivity index (χ1) is 11.9. The zero-order valence-corrected chi connectivity index (χ0v) is 16.0. The van der Waals surface area contributed by atoms with Gasteiger partial charge < -0.3 is 5.32 Å². The van der Waals surface area contributed by atoms with Crippen molar-refractivity contribution >= 4 is 12.0 Å². The fourth-order valence-corrected chi connectivity index (χ4v) is 2.67. The van der Waals surface area contributed by atoms with Crippen molar-refractivity contribution in [2.24, 2.45) is 5.92 Å². The number of carbonyl (C=O) groups excluding carboxylic acids is 1. The first-order valence-electron chi connectivity index (χ1n) is 8.92. The lowest BCUT2D eigenvalue weighted by molar-refractivity contribution is -0.116. The molecule has 0 radical (unpaired) electrons. The number of nitrogens with zero attached hydrogens (tertiary/aromatic N) is 2. The molecular weight excluding hydrogens is 310 g/mol. The lowest BCUT2D eigenvalue weighted by Crippen LogP contribution is -2.23. The maximum atomic E-state index is 11.9. The lowest BCUT2D eigenvalue weighted by atomic mass is 10.1. The van der Waals surface area contributed by atoms with Gasteiger partial charge in [0.2, 0.25) is 5.91 Å². The average molecular weight is 339 g/mol. The summed E-state index contributed by atoms with van der Waals surface area (Å²) in [7, 11) is 0. The van der Waals surface area contributed by atoms with Crippen molar-refractivity contribution in [1.82, 2.24) is 15.1 Å². The predicted octanol–water partition coefficient (Wildman–Crippen LogP) is 4.03. The molecule has 0 bridgehead atoms. The summed E-state index contributed by atoms with van der Waals surface area (Å²) < 4.78 is 2.00. The van der Waals surface area contributed by atoms with Gasteiger partial charge in [0.1, 0.15) is 0 Å². The second-order valence-electron chi connectivity index (χ2n) is 7.03. The van der Waals surface area contributed by atoms with Gasteiger partial charge in [-0.1, -0.05) is 43.7 Å². The van der Waals surface area contributed by atoms with Gasteiger partial charge in [0.25, 0.3) is 0 Å². The number of carbonyl (C=O) groups is 1. The number of amides is 1. The third-order valence-electron chi connectivity index (χ3n) is 4.31. The summed E-state index contributed by atoms with van der Waals surface area (Å²) in [4.78, 5) is 11.9. The molecule has 1 aromatic heterocycles. The van der Waals surface area contributed by atoms with Crippen LogP contribution in [0.4, 0.5) is 0 Å². The van der Waals surface area contributed by atoms with E-state index >= 15 is 0 Å². The topological polar surface area (TPSA) is 46.9 Å². The van der Waals surface area contributed by atoms with Crippen LogP contribution in [-0.2, 0) is 11.3 Å². The van der Waals surface area contributed by atoms with E-state index in [-0.39, 0.29) is 5.91 Å². The first kappa shape index (κ1) is 19.0. The molecule has 1 N–H and O–H groups in total. The van der Waals surface area contributed by atoms with Crippen molar-refractivity contribution < 1.29 is 4.79 Å². The number of aryl methyl sites for hydroxylation is 2. The van der Waals surface area contributed by atoms with E-state index in [1.165, 1.54) is 11.1 Å². The molecule has 1 heterocycles. The average Bonchev–Trinajstić information content (AvgIpc) is 2.81. The van der Waals surface area contributed by atoms with Crippen molar-refractivity contribution in [1.29, 1.82) is 0 Å². The van der Waals surface area contributed by atoms with Gasteiger partial charge in [-0.2, -0.15) is 5.10 Å². The van der Waals surface area contributed by atoms with E-state index in [2.05, 4.69) is 55.5 Å². The number of hydrogen-bond donors (Lipinski definition) is 1. The molecule has 4 heteroatoms. The highest BCUT2D eigenvalue weighted by Crippen LogP contribution is 2.16. The molecular formula is C21H29N3O. The van der Waals surface area contributed by atoms with Gasteiger partial charge in [-0.3, -0.25) is 9.48 Å². The van der Waals surface area contributed by atoms with Gasteiger partial charge in [0.15, 0.2) is 0 Å². The highest BCUT2D eigenvalue weighted by Gasteiger charge is 2.10. The van der Waals surface area contributed by atoms with E-state index in [4.69, 9.17) is 0 Å².